The van der Waals surface area contributed by atoms with E-state index in [4.69, 9.17) is 21.6 Å². The molecule has 0 amide bonds. The second-order valence-corrected chi connectivity index (χ2v) is 3.99. The molecule has 0 bridgehead atoms. The number of pyridine rings is 1. The van der Waals surface area contributed by atoms with Crippen LogP contribution in [0.5, 0.6) is 11.6 Å². The van der Waals surface area contributed by atoms with Crippen LogP contribution in [0.25, 0.3) is 0 Å². The molecule has 0 aliphatic carbocycles. The van der Waals surface area contributed by atoms with Crippen LogP contribution in [0.1, 0.15) is 5.56 Å². The molecule has 2 aromatic rings. The van der Waals surface area contributed by atoms with Crippen LogP contribution in [0.2, 0.25) is 5.15 Å². The van der Waals surface area contributed by atoms with Crippen molar-refractivity contribution >= 4 is 17.3 Å². The number of nitriles is 1. The number of hydrogen-bond donors (Lipinski definition) is 0. The summed E-state index contributed by atoms with van der Waals surface area (Å²) in [4.78, 5) is 13.9. The van der Waals surface area contributed by atoms with E-state index < -0.39 is 16.4 Å². The van der Waals surface area contributed by atoms with Crippen molar-refractivity contribution in [2.75, 3.05) is 0 Å². The van der Waals surface area contributed by atoms with Gasteiger partial charge in [-0.15, -0.1) is 0 Å². The maximum absolute atomic E-state index is 13.1. The van der Waals surface area contributed by atoms with Gasteiger partial charge in [0.1, 0.15) is 11.0 Å². The zero-order valence-corrected chi connectivity index (χ0v) is 10.5. The molecule has 0 aliphatic heterocycles. The van der Waals surface area contributed by atoms with E-state index in [1.165, 1.54) is 12.1 Å². The number of benzene rings is 1. The van der Waals surface area contributed by atoms with Crippen LogP contribution in [0, 0.1) is 27.3 Å². The third kappa shape index (κ3) is 2.99. The molecule has 0 spiro atoms. The summed E-state index contributed by atoms with van der Waals surface area (Å²) in [7, 11) is 0. The van der Waals surface area contributed by atoms with E-state index in [1.54, 1.807) is 0 Å². The molecule has 0 N–H and O–H groups in total. The smallest absolute Gasteiger partial charge is 0.311 e. The molecule has 2 rings (SSSR count). The van der Waals surface area contributed by atoms with Gasteiger partial charge in [0, 0.05) is 18.2 Å². The molecule has 0 aliphatic rings. The first-order valence-corrected chi connectivity index (χ1v) is 5.57. The van der Waals surface area contributed by atoms with E-state index in [-0.39, 0.29) is 22.3 Å². The lowest BCUT2D eigenvalue weighted by atomic mass is 10.3. The molecule has 0 atom stereocenters. The van der Waals surface area contributed by atoms with Gasteiger partial charge in [0.2, 0.25) is 11.6 Å². The maximum Gasteiger partial charge on any atom is 0.311 e. The number of nitro benzene ring substituents is 1. The third-order valence-electron chi connectivity index (χ3n) is 2.23. The fourth-order valence-electron chi connectivity index (χ4n) is 1.42. The van der Waals surface area contributed by atoms with Gasteiger partial charge in [-0.3, -0.25) is 10.1 Å². The normalized spacial score (nSPS) is 9.85. The Hall–Kier alpha value is -2.72. The van der Waals surface area contributed by atoms with Gasteiger partial charge in [-0.05, 0) is 12.1 Å². The molecule has 100 valence electrons. The summed E-state index contributed by atoms with van der Waals surface area (Å²) in [5.41, 5.74) is -0.259. The number of nitro groups is 1. The number of rotatable bonds is 3. The first-order valence-electron chi connectivity index (χ1n) is 5.19. The van der Waals surface area contributed by atoms with E-state index >= 15 is 0 Å². The van der Waals surface area contributed by atoms with Crippen molar-refractivity contribution in [2.24, 2.45) is 0 Å². The Morgan fingerprint density at radius 1 is 1.40 bits per heavy atom. The lowest BCUT2D eigenvalue weighted by Crippen LogP contribution is -1.96. The minimum atomic E-state index is -0.718. The number of hydrogen-bond acceptors (Lipinski definition) is 5. The second kappa shape index (κ2) is 5.50. The summed E-state index contributed by atoms with van der Waals surface area (Å²) < 4.78 is 18.3. The van der Waals surface area contributed by atoms with Crippen molar-refractivity contribution in [2.45, 2.75) is 0 Å². The minimum absolute atomic E-state index is 0.0156. The number of aromatic nitrogens is 1. The zero-order valence-electron chi connectivity index (χ0n) is 9.71. The van der Waals surface area contributed by atoms with Crippen LogP contribution in [-0.4, -0.2) is 9.91 Å². The Morgan fingerprint density at radius 3 is 2.80 bits per heavy atom. The summed E-state index contributed by atoms with van der Waals surface area (Å²) in [6.07, 6.45) is 0. The molecule has 0 fully saturated rings. The minimum Gasteiger partial charge on any atom is -0.432 e. The quantitative estimate of drug-likeness (QED) is 0.491. The molecule has 0 unspecified atom stereocenters. The van der Waals surface area contributed by atoms with Crippen LogP contribution < -0.4 is 4.74 Å². The molecule has 1 heterocycles. The SMILES string of the molecule is N#Cc1cc(Cl)nc(Oc2cc(F)ccc2[N+](=O)[O-])c1. The summed E-state index contributed by atoms with van der Waals surface area (Å²) in [6, 6.07) is 7.14. The Balaban J connectivity index is 2.44. The highest BCUT2D eigenvalue weighted by molar-refractivity contribution is 6.29. The molecule has 0 saturated carbocycles. The molecule has 20 heavy (non-hydrogen) atoms. The largest absolute Gasteiger partial charge is 0.432 e. The van der Waals surface area contributed by atoms with E-state index in [1.807, 2.05) is 6.07 Å². The van der Waals surface area contributed by atoms with Crippen LogP contribution in [0.3, 0.4) is 0 Å². The monoisotopic (exact) mass is 293 g/mol. The summed E-state index contributed by atoms with van der Waals surface area (Å²) in [5, 5.41) is 19.6. The molecular formula is C12H5ClFN3O3. The number of halogens is 2. The number of nitrogens with zero attached hydrogens (tertiary/aromatic N) is 3. The Labute approximate surface area is 117 Å². The van der Waals surface area contributed by atoms with Crippen molar-refractivity contribution in [3.05, 3.63) is 57.0 Å². The van der Waals surface area contributed by atoms with Gasteiger partial charge in [0.05, 0.1) is 16.6 Å². The standard InChI is InChI=1S/C12H5ClFN3O3/c13-11-3-7(6-15)4-12(16-11)20-10-5-8(14)1-2-9(10)17(18)19/h1-5H. The zero-order chi connectivity index (χ0) is 14.7. The first kappa shape index (κ1) is 13.7. The fourth-order valence-corrected chi connectivity index (χ4v) is 1.62. The van der Waals surface area contributed by atoms with Crippen molar-refractivity contribution in [3.8, 4) is 17.7 Å². The molecule has 0 saturated heterocycles. The predicted molar refractivity (Wildman–Crippen MR) is 67.1 cm³/mol. The van der Waals surface area contributed by atoms with Crippen molar-refractivity contribution in [1.82, 2.24) is 4.98 Å². The third-order valence-corrected chi connectivity index (χ3v) is 2.43. The highest BCUT2D eigenvalue weighted by atomic mass is 35.5. The summed E-state index contributed by atoms with van der Waals surface area (Å²) in [6.45, 7) is 0. The Kier molecular flexibility index (Phi) is 3.77. The van der Waals surface area contributed by atoms with E-state index in [9.17, 15) is 14.5 Å². The Bertz CT molecular complexity index is 730. The summed E-state index contributed by atoms with van der Waals surface area (Å²) in [5.74, 6) is -1.16. The Morgan fingerprint density at radius 2 is 2.15 bits per heavy atom. The topological polar surface area (TPSA) is 89.0 Å². The van der Waals surface area contributed by atoms with E-state index in [0.717, 1.165) is 18.2 Å². The molecule has 0 radical (unpaired) electrons. The van der Waals surface area contributed by atoms with Gasteiger partial charge < -0.3 is 4.74 Å². The molecule has 1 aromatic heterocycles. The first-order chi connectivity index (χ1) is 9.49. The highest BCUT2D eigenvalue weighted by Crippen LogP contribution is 2.31. The molecule has 1 aromatic carbocycles. The van der Waals surface area contributed by atoms with Gasteiger partial charge in [0.25, 0.3) is 0 Å². The molecular weight excluding hydrogens is 289 g/mol. The lowest BCUT2D eigenvalue weighted by Gasteiger charge is -2.06. The van der Waals surface area contributed by atoms with E-state index in [0.29, 0.717) is 0 Å². The van der Waals surface area contributed by atoms with Crippen molar-refractivity contribution in [3.63, 3.8) is 0 Å². The van der Waals surface area contributed by atoms with Crippen LogP contribution in [0.15, 0.2) is 30.3 Å². The van der Waals surface area contributed by atoms with Crippen LogP contribution in [-0.2, 0) is 0 Å². The highest BCUT2D eigenvalue weighted by Gasteiger charge is 2.17. The van der Waals surface area contributed by atoms with Crippen molar-refractivity contribution in [1.29, 1.82) is 5.26 Å². The van der Waals surface area contributed by atoms with E-state index in [2.05, 4.69) is 4.98 Å². The summed E-state index contributed by atoms with van der Waals surface area (Å²) >= 11 is 5.68. The maximum atomic E-state index is 13.1. The fraction of sp³-hybridized carbons (Fsp3) is 0. The predicted octanol–water partition coefficient (Wildman–Crippen LogP) is 3.45. The van der Waals surface area contributed by atoms with Gasteiger partial charge >= 0.3 is 5.69 Å². The lowest BCUT2D eigenvalue weighted by molar-refractivity contribution is -0.385. The number of ether oxygens (including phenoxy) is 1. The van der Waals surface area contributed by atoms with Crippen molar-refractivity contribution < 1.29 is 14.1 Å². The van der Waals surface area contributed by atoms with Gasteiger partial charge in [0.15, 0.2) is 0 Å². The van der Waals surface area contributed by atoms with Gasteiger partial charge in [-0.25, -0.2) is 9.37 Å². The molecule has 6 nitrogen and oxygen atoms in total. The average molecular weight is 294 g/mol. The van der Waals surface area contributed by atoms with Crippen LogP contribution >= 0.6 is 11.6 Å². The van der Waals surface area contributed by atoms with Crippen LogP contribution in [0.4, 0.5) is 10.1 Å². The molecule has 8 heteroatoms. The second-order valence-electron chi connectivity index (χ2n) is 3.60. The van der Waals surface area contributed by atoms with Gasteiger partial charge in [-0.2, -0.15) is 5.26 Å². The van der Waals surface area contributed by atoms with Gasteiger partial charge in [-0.1, -0.05) is 11.6 Å². The average Bonchev–Trinajstić information content (AvgIpc) is 2.37.